The van der Waals surface area contributed by atoms with Gasteiger partial charge in [-0.3, -0.25) is 9.59 Å². The third-order valence-corrected chi connectivity index (χ3v) is 6.23. The Morgan fingerprint density at radius 3 is 2.96 bits per heavy atom. The van der Waals surface area contributed by atoms with Crippen molar-refractivity contribution in [1.82, 2.24) is 10.2 Å². The molecular formula is C19H19ClN2O3S. The van der Waals surface area contributed by atoms with Crippen LogP contribution in [-0.4, -0.2) is 35.1 Å². The van der Waals surface area contributed by atoms with Gasteiger partial charge in [-0.25, -0.2) is 0 Å². The molecule has 2 atom stereocenters. The van der Waals surface area contributed by atoms with Crippen LogP contribution in [0.4, 0.5) is 0 Å². The van der Waals surface area contributed by atoms with Crippen molar-refractivity contribution in [1.29, 1.82) is 0 Å². The first-order chi connectivity index (χ1) is 12.6. The molecule has 3 heterocycles. The molecule has 1 aromatic heterocycles. The highest BCUT2D eigenvalue weighted by Gasteiger charge is 2.36. The maximum absolute atomic E-state index is 12.9. The second kappa shape index (κ2) is 7.37. The van der Waals surface area contributed by atoms with Crippen molar-refractivity contribution >= 4 is 35.2 Å². The van der Waals surface area contributed by atoms with Crippen molar-refractivity contribution in [2.45, 2.75) is 36.2 Å². The Morgan fingerprint density at radius 1 is 1.27 bits per heavy atom. The number of hydrogen-bond donors (Lipinski definition) is 1. The SMILES string of the molecule is O=C(N[C@@H]1CCSc2ccc(Cl)cc21)[C@@H]1CCCN1C(=O)c1ccco1. The number of nitrogens with zero attached hydrogens (tertiary/aromatic N) is 1. The molecule has 7 heteroatoms. The van der Waals surface area contributed by atoms with E-state index in [4.69, 9.17) is 16.0 Å². The number of nitrogens with one attached hydrogen (secondary N) is 1. The maximum atomic E-state index is 12.9. The van der Waals surface area contributed by atoms with Gasteiger partial charge < -0.3 is 14.6 Å². The number of benzene rings is 1. The lowest BCUT2D eigenvalue weighted by atomic mass is 10.0. The first-order valence-corrected chi connectivity index (χ1v) is 10.1. The molecule has 0 aliphatic carbocycles. The van der Waals surface area contributed by atoms with Gasteiger partial charge in [0.15, 0.2) is 5.76 Å². The monoisotopic (exact) mass is 390 g/mol. The number of carbonyl (C=O) groups excluding carboxylic acids is 2. The van der Waals surface area contributed by atoms with Gasteiger partial charge in [-0.05, 0) is 55.2 Å². The van der Waals surface area contributed by atoms with Gasteiger partial charge in [-0.1, -0.05) is 11.6 Å². The van der Waals surface area contributed by atoms with E-state index in [1.54, 1.807) is 28.8 Å². The number of hydrogen-bond acceptors (Lipinski definition) is 4. The fourth-order valence-electron chi connectivity index (χ4n) is 3.61. The fourth-order valence-corrected chi connectivity index (χ4v) is 4.89. The third-order valence-electron chi connectivity index (χ3n) is 4.88. The molecule has 4 rings (SSSR count). The zero-order valence-electron chi connectivity index (χ0n) is 14.1. The number of fused-ring (bicyclic) bond motifs is 1. The fraction of sp³-hybridized carbons (Fsp3) is 0.368. The van der Waals surface area contributed by atoms with Crippen molar-refractivity contribution in [3.8, 4) is 0 Å². The van der Waals surface area contributed by atoms with Crippen molar-refractivity contribution in [3.63, 3.8) is 0 Å². The Balaban J connectivity index is 1.50. The minimum atomic E-state index is -0.454. The Kier molecular flexibility index (Phi) is 4.96. The van der Waals surface area contributed by atoms with E-state index in [1.807, 2.05) is 18.2 Å². The highest BCUT2D eigenvalue weighted by molar-refractivity contribution is 7.99. The minimum absolute atomic E-state index is 0.0707. The zero-order valence-corrected chi connectivity index (χ0v) is 15.7. The first-order valence-electron chi connectivity index (χ1n) is 8.70. The molecule has 2 aromatic rings. The summed E-state index contributed by atoms with van der Waals surface area (Å²) in [5.41, 5.74) is 1.06. The molecule has 5 nitrogen and oxygen atoms in total. The predicted molar refractivity (Wildman–Crippen MR) is 100 cm³/mol. The van der Waals surface area contributed by atoms with Crippen molar-refractivity contribution in [2.24, 2.45) is 0 Å². The maximum Gasteiger partial charge on any atom is 0.290 e. The van der Waals surface area contributed by atoms with Crippen LogP contribution in [0, 0.1) is 0 Å². The second-order valence-electron chi connectivity index (χ2n) is 6.51. The molecule has 136 valence electrons. The lowest BCUT2D eigenvalue weighted by Gasteiger charge is -2.29. The number of carbonyl (C=O) groups is 2. The van der Waals surface area contributed by atoms with E-state index in [0.29, 0.717) is 18.0 Å². The van der Waals surface area contributed by atoms with Crippen LogP contribution in [0.2, 0.25) is 5.02 Å². The van der Waals surface area contributed by atoms with E-state index in [1.165, 1.54) is 6.26 Å². The van der Waals surface area contributed by atoms with E-state index in [0.717, 1.165) is 29.1 Å². The van der Waals surface area contributed by atoms with E-state index >= 15 is 0 Å². The Morgan fingerprint density at radius 2 is 2.15 bits per heavy atom. The largest absolute Gasteiger partial charge is 0.459 e. The Hall–Kier alpha value is -1.92. The quantitative estimate of drug-likeness (QED) is 0.863. The molecule has 2 amide bonds. The summed E-state index contributed by atoms with van der Waals surface area (Å²) >= 11 is 7.92. The number of halogens is 1. The molecule has 0 spiro atoms. The molecule has 2 aliphatic rings. The number of furan rings is 1. The van der Waals surface area contributed by atoms with E-state index in [2.05, 4.69) is 5.32 Å². The first kappa shape index (κ1) is 17.5. The summed E-state index contributed by atoms with van der Waals surface area (Å²) in [7, 11) is 0. The topological polar surface area (TPSA) is 62.6 Å². The summed E-state index contributed by atoms with van der Waals surface area (Å²) in [4.78, 5) is 28.3. The molecule has 1 saturated heterocycles. The van der Waals surface area contributed by atoms with Crippen LogP contribution in [0.15, 0.2) is 45.9 Å². The predicted octanol–water partition coefficient (Wildman–Crippen LogP) is 3.89. The molecular weight excluding hydrogens is 372 g/mol. The van der Waals surface area contributed by atoms with Crippen LogP contribution in [0.1, 0.15) is 41.4 Å². The van der Waals surface area contributed by atoms with Crippen LogP contribution in [0.25, 0.3) is 0 Å². The average molecular weight is 391 g/mol. The van der Waals surface area contributed by atoms with E-state index in [-0.39, 0.29) is 23.6 Å². The summed E-state index contributed by atoms with van der Waals surface area (Å²) in [6.07, 6.45) is 3.80. The van der Waals surface area contributed by atoms with E-state index in [9.17, 15) is 9.59 Å². The van der Waals surface area contributed by atoms with Crippen LogP contribution in [-0.2, 0) is 4.79 Å². The average Bonchev–Trinajstić information content (AvgIpc) is 3.33. The number of thioether (sulfide) groups is 1. The molecule has 0 saturated carbocycles. The van der Waals surface area contributed by atoms with Crippen LogP contribution < -0.4 is 5.32 Å². The molecule has 1 fully saturated rings. The zero-order chi connectivity index (χ0) is 18.1. The van der Waals surface area contributed by atoms with Gasteiger partial charge in [0.2, 0.25) is 5.91 Å². The normalized spacial score (nSPS) is 22.1. The molecule has 0 radical (unpaired) electrons. The number of amides is 2. The second-order valence-corrected chi connectivity index (χ2v) is 8.09. The summed E-state index contributed by atoms with van der Waals surface area (Å²) in [6.45, 7) is 0.570. The molecule has 1 N–H and O–H groups in total. The summed E-state index contributed by atoms with van der Waals surface area (Å²) < 4.78 is 5.21. The lowest BCUT2D eigenvalue weighted by molar-refractivity contribution is -0.125. The number of rotatable bonds is 3. The van der Waals surface area contributed by atoms with Gasteiger partial charge in [0.25, 0.3) is 5.91 Å². The highest BCUT2D eigenvalue weighted by Crippen LogP contribution is 2.37. The Bertz CT molecular complexity index is 824. The van der Waals surface area contributed by atoms with Crippen LogP contribution >= 0.6 is 23.4 Å². The van der Waals surface area contributed by atoms with Crippen molar-refractivity contribution in [3.05, 3.63) is 52.9 Å². The van der Waals surface area contributed by atoms with Gasteiger partial charge in [0, 0.05) is 22.2 Å². The molecule has 0 unspecified atom stereocenters. The molecule has 1 aromatic carbocycles. The van der Waals surface area contributed by atoms with Gasteiger partial charge in [-0.2, -0.15) is 0 Å². The smallest absolute Gasteiger partial charge is 0.290 e. The van der Waals surface area contributed by atoms with Crippen LogP contribution in [0.5, 0.6) is 0 Å². The third kappa shape index (κ3) is 3.35. The van der Waals surface area contributed by atoms with Crippen LogP contribution in [0.3, 0.4) is 0 Å². The summed E-state index contributed by atoms with van der Waals surface area (Å²) in [5.74, 6) is 0.885. The van der Waals surface area contributed by atoms with Gasteiger partial charge in [0.05, 0.1) is 12.3 Å². The molecule has 0 bridgehead atoms. The lowest BCUT2D eigenvalue weighted by Crippen LogP contribution is -2.47. The van der Waals surface area contributed by atoms with Gasteiger partial charge in [0.1, 0.15) is 6.04 Å². The Labute approximate surface area is 161 Å². The van der Waals surface area contributed by atoms with Crippen molar-refractivity contribution < 1.29 is 14.0 Å². The summed E-state index contributed by atoms with van der Waals surface area (Å²) in [6, 6.07) is 8.59. The standard InChI is InChI=1S/C19H19ClN2O3S/c20-12-5-6-17-13(11-12)14(7-10-26-17)21-18(23)15-3-1-8-22(15)19(24)16-4-2-9-25-16/h2,4-6,9,11,14-15H,1,3,7-8,10H2,(H,21,23)/t14-,15+/m1/s1. The van der Waals surface area contributed by atoms with Gasteiger partial charge in [-0.15, -0.1) is 11.8 Å². The summed E-state index contributed by atoms with van der Waals surface area (Å²) in [5, 5.41) is 3.81. The van der Waals surface area contributed by atoms with Gasteiger partial charge >= 0.3 is 0 Å². The van der Waals surface area contributed by atoms with E-state index < -0.39 is 6.04 Å². The minimum Gasteiger partial charge on any atom is -0.459 e. The molecule has 2 aliphatic heterocycles. The highest BCUT2D eigenvalue weighted by atomic mass is 35.5. The van der Waals surface area contributed by atoms with Crippen molar-refractivity contribution in [2.75, 3.05) is 12.3 Å². The number of likely N-dealkylation sites (tertiary alicyclic amines) is 1. The molecule has 26 heavy (non-hydrogen) atoms.